The molecule has 24 heteroatoms. The third-order valence-corrected chi connectivity index (χ3v) is 5.18. The van der Waals surface area contributed by atoms with Crippen molar-refractivity contribution in [2.75, 3.05) is 10.6 Å². The lowest BCUT2D eigenvalue weighted by molar-refractivity contribution is -0.451. The molecule has 2 N–H and O–H groups in total. The average Bonchev–Trinajstić information content (AvgIpc) is 2.84. The summed E-state index contributed by atoms with van der Waals surface area (Å²) in [5.41, 5.74) is -3.75. The van der Waals surface area contributed by atoms with E-state index in [9.17, 15) is 84.2 Å². The molecule has 2 amide bonds. The van der Waals surface area contributed by atoms with Crippen LogP contribution in [0.15, 0.2) is 30.0 Å². The topological polar surface area (TPSA) is 85.9 Å². The van der Waals surface area contributed by atoms with Gasteiger partial charge in [0, 0.05) is 23.5 Å². The molecule has 0 aromatic heterocycles. The molecule has 7 nitrogen and oxygen atoms in total. The second-order valence-electron chi connectivity index (χ2n) is 11.6. The predicted octanol–water partition coefficient (Wildman–Crippen LogP) is 10.2. The molecule has 49 heavy (non-hydrogen) atoms. The van der Waals surface area contributed by atoms with E-state index < -0.39 is 94.1 Å². The summed E-state index contributed by atoms with van der Waals surface area (Å²) in [4.78, 5) is 24.2. The standard InChI is InChI=1S/C25H23F17N2O5/c1-17(2,3)48-15(45)43-10-7-11(44-16(46)49-18(4,5)6)9-12(8-10)47-14(27)13(26)19(28,29)20(30,31)21(32,33)22(34,35)23(36,37)24(38,39)25(40,41)42/h7-9H,1-6H3,(H,43,45)(H,44,46). The van der Waals surface area contributed by atoms with Crippen molar-refractivity contribution in [3.63, 3.8) is 0 Å². The van der Waals surface area contributed by atoms with Gasteiger partial charge in [0.05, 0.1) is 0 Å². The molecule has 0 atom stereocenters. The van der Waals surface area contributed by atoms with Gasteiger partial charge in [-0.15, -0.1) is 0 Å². The van der Waals surface area contributed by atoms with Crippen molar-refractivity contribution in [3.05, 3.63) is 30.0 Å². The van der Waals surface area contributed by atoms with Crippen molar-refractivity contribution >= 4 is 23.6 Å². The molecule has 1 aromatic carbocycles. The normalized spacial score (nSPS) is 14.9. The number of halogens is 17. The van der Waals surface area contributed by atoms with Crippen molar-refractivity contribution in [1.29, 1.82) is 0 Å². The highest BCUT2D eigenvalue weighted by Crippen LogP contribution is 2.63. The van der Waals surface area contributed by atoms with Gasteiger partial charge in [0.25, 0.3) is 0 Å². The lowest BCUT2D eigenvalue weighted by Crippen LogP contribution is -2.72. The molecule has 1 rings (SSSR count). The maximum atomic E-state index is 14.4. The summed E-state index contributed by atoms with van der Waals surface area (Å²) in [5, 5.41) is 3.80. The minimum atomic E-state index is -8.74. The third-order valence-electron chi connectivity index (χ3n) is 5.18. The van der Waals surface area contributed by atoms with Gasteiger partial charge < -0.3 is 14.2 Å². The minimum absolute atomic E-state index is 0.329. The molecule has 0 saturated carbocycles. The Balaban J connectivity index is 3.71. The van der Waals surface area contributed by atoms with Crippen molar-refractivity contribution in [2.45, 2.75) is 94.5 Å². The summed E-state index contributed by atoms with van der Waals surface area (Å²) in [5.74, 6) is -56.5. The Kier molecular flexibility index (Phi) is 11.5. The number of hydrogen-bond acceptors (Lipinski definition) is 5. The fraction of sp³-hybridized carbons (Fsp3) is 0.600. The molecule has 0 spiro atoms. The lowest BCUT2D eigenvalue weighted by atomic mass is 9.91. The van der Waals surface area contributed by atoms with Gasteiger partial charge >= 0.3 is 59.9 Å². The van der Waals surface area contributed by atoms with E-state index in [1.165, 1.54) is 41.5 Å². The summed E-state index contributed by atoms with van der Waals surface area (Å²) in [6.07, 6.45) is -10.5. The molecule has 0 aliphatic carbocycles. The number of hydrogen-bond donors (Lipinski definition) is 2. The Hall–Kier alpha value is -3.89. The van der Waals surface area contributed by atoms with E-state index in [0.717, 1.165) is 6.07 Å². The highest BCUT2D eigenvalue weighted by atomic mass is 19.4. The maximum absolute atomic E-state index is 14.4. The monoisotopic (exact) mass is 754 g/mol. The number of anilines is 2. The fourth-order valence-electron chi connectivity index (χ4n) is 3.02. The number of benzene rings is 1. The zero-order valence-corrected chi connectivity index (χ0v) is 25.2. The number of rotatable bonds is 10. The highest BCUT2D eigenvalue weighted by Gasteiger charge is 2.94. The zero-order chi connectivity index (χ0) is 39.2. The van der Waals surface area contributed by atoms with Gasteiger partial charge in [0.15, 0.2) is 0 Å². The van der Waals surface area contributed by atoms with Crippen molar-refractivity contribution in [3.8, 4) is 5.75 Å². The molecule has 0 bridgehead atoms. The van der Waals surface area contributed by atoms with E-state index in [0.29, 0.717) is 12.1 Å². The average molecular weight is 754 g/mol. The second-order valence-corrected chi connectivity index (χ2v) is 11.6. The number of carbonyl (C=O) groups is 2. The molecule has 0 unspecified atom stereocenters. The predicted molar refractivity (Wildman–Crippen MR) is 132 cm³/mol. The maximum Gasteiger partial charge on any atom is 0.460 e. The Bertz CT molecular complexity index is 1380. The Labute approximate surface area is 263 Å². The highest BCUT2D eigenvalue weighted by molar-refractivity contribution is 5.89. The van der Waals surface area contributed by atoms with E-state index >= 15 is 0 Å². The summed E-state index contributed by atoms with van der Waals surface area (Å²) in [6, 6.07) is -2.32. The SMILES string of the molecule is CC(C)(C)OC(=O)Nc1cc(NC(=O)OC(C)(C)C)cc(OC(F)=C(F)C(F)(F)C(F)(F)C(F)(F)C(F)(F)C(F)(F)C(F)(F)C(F)(F)F)c1. The number of allylic oxidation sites excluding steroid dienone is 1. The van der Waals surface area contributed by atoms with Crippen LogP contribution >= 0.6 is 0 Å². The van der Waals surface area contributed by atoms with Crippen molar-refractivity contribution < 1.29 is 98.4 Å². The number of ether oxygens (including phenoxy) is 3. The molecule has 0 aliphatic rings. The summed E-state index contributed by atoms with van der Waals surface area (Å²) >= 11 is 0. The molecule has 0 radical (unpaired) electrons. The molecule has 282 valence electrons. The van der Waals surface area contributed by atoms with Gasteiger partial charge in [-0.1, -0.05) is 0 Å². The van der Waals surface area contributed by atoms with Crippen molar-refractivity contribution in [2.24, 2.45) is 0 Å². The van der Waals surface area contributed by atoms with Gasteiger partial charge in [-0.2, -0.15) is 74.6 Å². The van der Waals surface area contributed by atoms with Crippen LogP contribution in [0.5, 0.6) is 5.75 Å². The van der Waals surface area contributed by atoms with Crippen LogP contribution in [0.2, 0.25) is 0 Å². The van der Waals surface area contributed by atoms with E-state index in [4.69, 9.17) is 9.47 Å². The van der Waals surface area contributed by atoms with E-state index in [-0.39, 0.29) is 0 Å². The van der Waals surface area contributed by atoms with Crippen LogP contribution in [0.25, 0.3) is 0 Å². The Morgan fingerprint density at radius 3 is 1.18 bits per heavy atom. The molecular weight excluding hydrogens is 731 g/mol. The smallest absolute Gasteiger partial charge is 0.444 e. The molecule has 0 aliphatic heterocycles. The van der Waals surface area contributed by atoms with Crippen LogP contribution in [-0.2, 0) is 9.47 Å². The summed E-state index contributed by atoms with van der Waals surface area (Å²) < 4.78 is 243. The van der Waals surface area contributed by atoms with E-state index in [2.05, 4.69) is 4.74 Å². The van der Waals surface area contributed by atoms with Crippen LogP contribution in [0, 0.1) is 0 Å². The number of amides is 2. The van der Waals surface area contributed by atoms with Gasteiger partial charge in [0.1, 0.15) is 17.0 Å². The van der Waals surface area contributed by atoms with Crippen LogP contribution in [0.4, 0.5) is 95.6 Å². The van der Waals surface area contributed by atoms with E-state index in [1.54, 1.807) is 0 Å². The number of carbonyl (C=O) groups excluding carboxylic acids is 2. The minimum Gasteiger partial charge on any atom is -0.444 e. The van der Waals surface area contributed by atoms with Gasteiger partial charge in [-0.25, -0.2) is 9.59 Å². The summed E-state index contributed by atoms with van der Waals surface area (Å²) in [6.45, 7) is 8.10. The Morgan fingerprint density at radius 1 is 0.531 bits per heavy atom. The van der Waals surface area contributed by atoms with Gasteiger partial charge in [0.2, 0.25) is 5.83 Å². The van der Waals surface area contributed by atoms with Gasteiger partial charge in [-0.3, -0.25) is 10.6 Å². The lowest BCUT2D eigenvalue weighted by Gasteiger charge is -2.41. The first-order valence-corrected chi connectivity index (χ1v) is 12.6. The van der Waals surface area contributed by atoms with Crippen LogP contribution in [0.3, 0.4) is 0 Å². The first-order chi connectivity index (χ1) is 21.4. The van der Waals surface area contributed by atoms with E-state index in [1.807, 2.05) is 10.6 Å². The third kappa shape index (κ3) is 8.83. The van der Waals surface area contributed by atoms with Crippen LogP contribution in [0.1, 0.15) is 41.5 Å². The zero-order valence-electron chi connectivity index (χ0n) is 25.2. The van der Waals surface area contributed by atoms with Gasteiger partial charge in [-0.05, 0) is 47.6 Å². The number of alkyl halides is 15. The molecular formula is C25H23F17N2O5. The molecule has 0 fully saturated rings. The fourth-order valence-corrected chi connectivity index (χ4v) is 3.02. The molecule has 1 aromatic rings. The summed E-state index contributed by atoms with van der Waals surface area (Å²) in [7, 11) is 0. The first kappa shape index (κ1) is 43.1. The second kappa shape index (κ2) is 13.1. The van der Waals surface area contributed by atoms with Crippen molar-refractivity contribution in [1.82, 2.24) is 0 Å². The largest absolute Gasteiger partial charge is 0.460 e. The first-order valence-electron chi connectivity index (χ1n) is 12.6. The molecule has 0 saturated heterocycles. The van der Waals surface area contributed by atoms with Crippen LogP contribution < -0.4 is 15.4 Å². The number of nitrogens with one attached hydrogen (secondary N) is 2. The van der Waals surface area contributed by atoms with Crippen LogP contribution in [-0.4, -0.2) is 65.1 Å². The quantitative estimate of drug-likeness (QED) is 0.184. The Morgan fingerprint density at radius 2 is 0.857 bits per heavy atom. The molecule has 0 heterocycles.